The number of halogens is 3. The first-order valence-electron chi connectivity index (χ1n) is 6.35. The van der Waals surface area contributed by atoms with E-state index in [9.17, 15) is 17.6 Å². The van der Waals surface area contributed by atoms with Gasteiger partial charge in [0.05, 0.1) is 10.6 Å². The van der Waals surface area contributed by atoms with Crippen molar-refractivity contribution in [1.82, 2.24) is 4.72 Å². The minimum atomic E-state index is -4.32. The number of aryl methyl sites for hydroxylation is 1. The van der Waals surface area contributed by atoms with Gasteiger partial charge in [0.2, 0.25) is 0 Å². The second-order valence-corrected chi connectivity index (χ2v) is 6.86. The second-order valence-electron chi connectivity index (χ2n) is 4.75. The van der Waals surface area contributed by atoms with Crippen molar-refractivity contribution in [1.29, 1.82) is 0 Å². The van der Waals surface area contributed by atoms with Crippen molar-refractivity contribution >= 4 is 39.3 Å². The normalized spacial score (nSPS) is 11.2. The van der Waals surface area contributed by atoms with Crippen LogP contribution in [0.25, 0.3) is 0 Å². The smallest absolute Gasteiger partial charge is 0.298 e. The average molecular weight is 393 g/mol. The number of amides is 1. The maximum absolute atomic E-state index is 14.0. The van der Waals surface area contributed by atoms with Gasteiger partial charge < -0.3 is 4.74 Å². The SMILES string of the molecule is Cc1cc(Oc2cc(F)c(C(=O)NS(N)(=O)=O)cc2Cl)ccc1Cl. The molecule has 0 aliphatic carbocycles. The zero-order chi connectivity index (χ0) is 18.1. The lowest BCUT2D eigenvalue weighted by Crippen LogP contribution is -2.36. The predicted octanol–water partition coefficient (Wildman–Crippen LogP) is 3.17. The zero-order valence-electron chi connectivity index (χ0n) is 12.1. The second kappa shape index (κ2) is 6.94. The first-order valence-corrected chi connectivity index (χ1v) is 8.65. The summed E-state index contributed by atoms with van der Waals surface area (Å²) in [4.78, 5) is 11.7. The van der Waals surface area contributed by atoms with Crippen LogP contribution in [0, 0.1) is 12.7 Å². The van der Waals surface area contributed by atoms with E-state index in [1.807, 2.05) is 0 Å². The molecule has 10 heteroatoms. The standard InChI is InChI=1S/C14H11Cl2FN2O4S/c1-7-4-8(2-3-10(7)15)23-13-6-12(17)9(5-11(13)16)14(20)19-24(18,21)22/h2-6H,1H3,(H,19,20)(H2,18,21,22). The molecule has 128 valence electrons. The fraction of sp³-hybridized carbons (Fsp3) is 0.0714. The summed E-state index contributed by atoms with van der Waals surface area (Å²) in [7, 11) is -4.32. The van der Waals surface area contributed by atoms with Crippen LogP contribution < -0.4 is 14.6 Å². The molecule has 0 aliphatic heterocycles. The lowest BCUT2D eigenvalue weighted by atomic mass is 10.2. The van der Waals surface area contributed by atoms with E-state index in [0.717, 1.165) is 17.7 Å². The largest absolute Gasteiger partial charge is 0.456 e. The van der Waals surface area contributed by atoms with Gasteiger partial charge in [0.1, 0.15) is 17.3 Å². The Labute approximate surface area is 147 Å². The third-order valence-corrected chi connectivity index (χ3v) is 4.05. The summed E-state index contributed by atoms with van der Waals surface area (Å²) in [6.07, 6.45) is 0. The third kappa shape index (κ3) is 4.57. The van der Waals surface area contributed by atoms with Crippen LogP contribution in [-0.2, 0) is 10.2 Å². The number of rotatable bonds is 4. The van der Waals surface area contributed by atoms with Crippen LogP contribution >= 0.6 is 23.2 Å². The maximum Gasteiger partial charge on any atom is 0.298 e. The van der Waals surface area contributed by atoms with Crippen LogP contribution in [0.3, 0.4) is 0 Å². The van der Waals surface area contributed by atoms with E-state index in [4.69, 9.17) is 27.9 Å². The molecule has 0 unspecified atom stereocenters. The quantitative estimate of drug-likeness (QED) is 0.834. The third-order valence-electron chi connectivity index (χ3n) is 2.86. The Kier molecular flexibility index (Phi) is 5.34. The summed E-state index contributed by atoms with van der Waals surface area (Å²) in [5, 5.41) is 5.11. The van der Waals surface area contributed by atoms with E-state index in [-0.39, 0.29) is 10.8 Å². The molecule has 3 N–H and O–H groups in total. The molecule has 2 rings (SSSR count). The molecule has 0 aromatic heterocycles. The van der Waals surface area contributed by atoms with Crippen LogP contribution in [0.4, 0.5) is 4.39 Å². The Balaban J connectivity index is 2.32. The van der Waals surface area contributed by atoms with Crippen molar-refractivity contribution in [2.75, 3.05) is 0 Å². The number of hydrogen-bond acceptors (Lipinski definition) is 4. The summed E-state index contributed by atoms with van der Waals surface area (Å²) >= 11 is 11.9. The van der Waals surface area contributed by atoms with Gasteiger partial charge in [-0.05, 0) is 36.8 Å². The molecule has 2 aromatic carbocycles. The first kappa shape index (κ1) is 18.5. The van der Waals surface area contributed by atoms with Gasteiger partial charge in [0.25, 0.3) is 16.1 Å². The van der Waals surface area contributed by atoms with E-state index in [1.54, 1.807) is 25.1 Å². The van der Waals surface area contributed by atoms with Gasteiger partial charge in [-0.2, -0.15) is 8.42 Å². The Morgan fingerprint density at radius 2 is 1.88 bits per heavy atom. The fourth-order valence-electron chi connectivity index (χ4n) is 1.77. The molecule has 0 fully saturated rings. The molecule has 0 heterocycles. The van der Waals surface area contributed by atoms with Crippen molar-refractivity contribution in [3.63, 3.8) is 0 Å². The molecule has 0 spiro atoms. The number of nitrogens with one attached hydrogen (secondary N) is 1. The lowest BCUT2D eigenvalue weighted by Gasteiger charge is -2.11. The molecule has 0 saturated carbocycles. The van der Waals surface area contributed by atoms with Crippen LogP contribution in [0.2, 0.25) is 10.0 Å². The summed E-state index contributed by atoms with van der Waals surface area (Å²) in [6.45, 7) is 1.76. The van der Waals surface area contributed by atoms with Crippen molar-refractivity contribution in [3.05, 3.63) is 57.3 Å². The van der Waals surface area contributed by atoms with Gasteiger partial charge in [0, 0.05) is 11.1 Å². The number of ether oxygens (including phenoxy) is 1. The van der Waals surface area contributed by atoms with E-state index in [0.29, 0.717) is 10.8 Å². The topological polar surface area (TPSA) is 98.5 Å². The predicted molar refractivity (Wildman–Crippen MR) is 88.2 cm³/mol. The highest BCUT2D eigenvalue weighted by Gasteiger charge is 2.19. The minimum absolute atomic E-state index is 0.0527. The molecule has 1 amide bonds. The van der Waals surface area contributed by atoms with Crippen LogP contribution in [-0.4, -0.2) is 14.3 Å². The molecular weight excluding hydrogens is 382 g/mol. The van der Waals surface area contributed by atoms with Crippen LogP contribution in [0.15, 0.2) is 30.3 Å². The van der Waals surface area contributed by atoms with Crippen LogP contribution in [0.1, 0.15) is 15.9 Å². The molecule has 2 aromatic rings. The molecule has 0 aliphatic rings. The molecule has 6 nitrogen and oxygen atoms in total. The first-order chi connectivity index (χ1) is 11.1. The van der Waals surface area contributed by atoms with Crippen molar-refractivity contribution in [2.45, 2.75) is 6.92 Å². The van der Waals surface area contributed by atoms with E-state index in [1.165, 1.54) is 4.72 Å². The van der Waals surface area contributed by atoms with Crippen molar-refractivity contribution < 1.29 is 22.3 Å². The molecule has 0 bridgehead atoms. The Bertz CT molecular complexity index is 919. The fourth-order valence-corrected chi connectivity index (χ4v) is 2.46. The summed E-state index contributed by atoms with van der Waals surface area (Å²) < 4.78 is 42.6. The number of benzene rings is 2. The molecule has 24 heavy (non-hydrogen) atoms. The molecule has 0 radical (unpaired) electrons. The van der Waals surface area contributed by atoms with Gasteiger partial charge in [-0.3, -0.25) is 4.79 Å². The van der Waals surface area contributed by atoms with Gasteiger partial charge >= 0.3 is 0 Å². The highest BCUT2D eigenvalue weighted by molar-refractivity contribution is 7.87. The number of nitrogens with two attached hydrogens (primary N) is 1. The van der Waals surface area contributed by atoms with Crippen molar-refractivity contribution in [3.8, 4) is 11.5 Å². The molecular formula is C14H11Cl2FN2O4S. The van der Waals surface area contributed by atoms with Crippen molar-refractivity contribution in [2.24, 2.45) is 5.14 Å². The average Bonchev–Trinajstić information content (AvgIpc) is 2.44. The number of carbonyl (C=O) groups excluding carboxylic acids is 1. The Hall–Kier alpha value is -1.87. The number of carbonyl (C=O) groups is 1. The highest BCUT2D eigenvalue weighted by Crippen LogP contribution is 2.33. The van der Waals surface area contributed by atoms with Gasteiger partial charge in [0.15, 0.2) is 0 Å². The Morgan fingerprint density at radius 1 is 1.21 bits per heavy atom. The molecule has 0 saturated heterocycles. The lowest BCUT2D eigenvalue weighted by molar-refractivity contribution is 0.0977. The minimum Gasteiger partial charge on any atom is -0.456 e. The van der Waals surface area contributed by atoms with Gasteiger partial charge in [-0.15, -0.1) is 0 Å². The van der Waals surface area contributed by atoms with E-state index < -0.39 is 27.5 Å². The maximum atomic E-state index is 14.0. The number of hydrogen-bond donors (Lipinski definition) is 2. The van der Waals surface area contributed by atoms with Gasteiger partial charge in [-0.25, -0.2) is 14.3 Å². The Morgan fingerprint density at radius 3 is 2.46 bits per heavy atom. The monoisotopic (exact) mass is 392 g/mol. The summed E-state index contributed by atoms with van der Waals surface area (Å²) in [5.41, 5.74) is 0.156. The van der Waals surface area contributed by atoms with Gasteiger partial charge in [-0.1, -0.05) is 23.2 Å². The van der Waals surface area contributed by atoms with E-state index >= 15 is 0 Å². The highest BCUT2D eigenvalue weighted by atomic mass is 35.5. The van der Waals surface area contributed by atoms with Crippen LogP contribution in [0.5, 0.6) is 11.5 Å². The van der Waals surface area contributed by atoms with E-state index in [2.05, 4.69) is 5.14 Å². The summed E-state index contributed by atoms with van der Waals surface area (Å²) in [6, 6.07) is 6.59. The summed E-state index contributed by atoms with van der Waals surface area (Å²) in [5.74, 6) is -1.96. The zero-order valence-corrected chi connectivity index (χ0v) is 14.5. The molecule has 0 atom stereocenters.